The Morgan fingerprint density at radius 1 is 0.871 bits per heavy atom. The highest BCUT2D eigenvalue weighted by Crippen LogP contribution is 2.39. The van der Waals surface area contributed by atoms with Gasteiger partial charge in [0, 0.05) is 10.7 Å². The molecule has 6 heteroatoms. The predicted molar refractivity (Wildman–Crippen MR) is 123 cm³/mol. The van der Waals surface area contributed by atoms with Gasteiger partial charge >= 0.3 is 0 Å². The second-order valence-electron chi connectivity index (χ2n) is 7.37. The number of halogens is 1. The fourth-order valence-electron chi connectivity index (χ4n) is 3.56. The summed E-state index contributed by atoms with van der Waals surface area (Å²) in [6.45, 7) is 3.93. The molecule has 5 nitrogen and oxygen atoms in total. The van der Waals surface area contributed by atoms with Crippen LogP contribution in [0.4, 0.5) is 11.4 Å². The van der Waals surface area contributed by atoms with Crippen LogP contribution in [0, 0.1) is 13.8 Å². The van der Waals surface area contributed by atoms with Gasteiger partial charge in [0.05, 0.1) is 18.4 Å². The topological polar surface area (TPSA) is 58.6 Å². The minimum Gasteiger partial charge on any atom is -0.495 e. The van der Waals surface area contributed by atoms with Crippen LogP contribution < -0.4 is 15.0 Å². The van der Waals surface area contributed by atoms with Gasteiger partial charge in [0.25, 0.3) is 11.8 Å². The van der Waals surface area contributed by atoms with E-state index in [0.29, 0.717) is 27.6 Å². The number of imide groups is 1. The van der Waals surface area contributed by atoms with Crippen LogP contribution in [0.25, 0.3) is 5.57 Å². The van der Waals surface area contributed by atoms with Crippen molar-refractivity contribution < 1.29 is 14.3 Å². The van der Waals surface area contributed by atoms with Crippen LogP contribution in [0.2, 0.25) is 5.02 Å². The molecule has 0 aliphatic carbocycles. The van der Waals surface area contributed by atoms with E-state index in [-0.39, 0.29) is 5.70 Å². The largest absolute Gasteiger partial charge is 0.495 e. The summed E-state index contributed by atoms with van der Waals surface area (Å²) in [6.07, 6.45) is 0. The molecule has 3 aromatic carbocycles. The van der Waals surface area contributed by atoms with E-state index in [1.54, 1.807) is 18.2 Å². The summed E-state index contributed by atoms with van der Waals surface area (Å²) in [4.78, 5) is 28.2. The quantitative estimate of drug-likeness (QED) is 0.551. The van der Waals surface area contributed by atoms with Gasteiger partial charge in [-0.25, -0.2) is 4.90 Å². The Hall–Kier alpha value is -3.57. The summed E-state index contributed by atoms with van der Waals surface area (Å²) in [7, 11) is 1.48. The van der Waals surface area contributed by atoms with Crippen molar-refractivity contribution >= 4 is 40.4 Å². The van der Waals surface area contributed by atoms with Crippen molar-refractivity contribution in [3.8, 4) is 5.75 Å². The molecule has 0 aromatic heterocycles. The Morgan fingerprint density at radius 2 is 1.61 bits per heavy atom. The van der Waals surface area contributed by atoms with E-state index in [0.717, 1.165) is 21.7 Å². The lowest BCUT2D eigenvalue weighted by Gasteiger charge is -2.18. The van der Waals surface area contributed by atoms with E-state index in [1.807, 2.05) is 62.4 Å². The van der Waals surface area contributed by atoms with Crippen molar-refractivity contribution in [2.45, 2.75) is 13.8 Å². The maximum atomic E-state index is 13.6. The van der Waals surface area contributed by atoms with Gasteiger partial charge in [-0.3, -0.25) is 9.59 Å². The number of methoxy groups -OCH3 is 1. The summed E-state index contributed by atoms with van der Waals surface area (Å²) in [5.74, 6) is -0.529. The Morgan fingerprint density at radius 3 is 2.29 bits per heavy atom. The van der Waals surface area contributed by atoms with E-state index in [2.05, 4.69) is 5.32 Å². The van der Waals surface area contributed by atoms with Crippen LogP contribution in [-0.4, -0.2) is 18.9 Å². The molecule has 1 aliphatic heterocycles. The standard InChI is InChI=1S/C25H21ClN2O3/c1-15-7-9-17(10-8-15)22-23(27-19-6-4-5-16(2)13-19)25(30)28(24(22)29)20-14-18(26)11-12-21(20)31-3/h4-14,27H,1-3H3. The first-order valence-corrected chi connectivity index (χ1v) is 10.1. The number of hydrogen-bond acceptors (Lipinski definition) is 4. The van der Waals surface area contributed by atoms with Crippen molar-refractivity contribution in [1.82, 2.24) is 0 Å². The van der Waals surface area contributed by atoms with Crippen molar-refractivity contribution in [2.75, 3.05) is 17.3 Å². The van der Waals surface area contributed by atoms with Crippen molar-refractivity contribution in [2.24, 2.45) is 0 Å². The summed E-state index contributed by atoms with van der Waals surface area (Å²) in [6, 6.07) is 20.0. The molecule has 0 radical (unpaired) electrons. The van der Waals surface area contributed by atoms with Gasteiger partial charge in [-0.05, 0) is 55.3 Å². The molecule has 4 rings (SSSR count). The zero-order chi connectivity index (χ0) is 22.1. The lowest BCUT2D eigenvalue weighted by molar-refractivity contribution is -0.120. The molecule has 1 N–H and O–H groups in total. The Balaban J connectivity index is 1.86. The third-order valence-corrected chi connectivity index (χ3v) is 5.33. The van der Waals surface area contributed by atoms with Crippen LogP contribution >= 0.6 is 11.6 Å². The number of anilines is 2. The number of hydrogen-bond donors (Lipinski definition) is 1. The first-order valence-electron chi connectivity index (χ1n) is 9.76. The number of amides is 2. The molecule has 31 heavy (non-hydrogen) atoms. The van der Waals surface area contributed by atoms with Crippen LogP contribution in [0.3, 0.4) is 0 Å². The van der Waals surface area contributed by atoms with Gasteiger partial charge < -0.3 is 10.1 Å². The molecule has 1 aliphatic rings. The number of ether oxygens (including phenoxy) is 1. The minimum absolute atomic E-state index is 0.210. The smallest absolute Gasteiger partial charge is 0.282 e. The first kappa shape index (κ1) is 20.7. The summed E-state index contributed by atoms with van der Waals surface area (Å²) >= 11 is 6.17. The van der Waals surface area contributed by atoms with Gasteiger partial charge in [-0.2, -0.15) is 0 Å². The Labute approximate surface area is 185 Å². The fraction of sp³-hybridized carbons (Fsp3) is 0.120. The molecule has 0 atom stereocenters. The Kier molecular flexibility index (Phi) is 5.53. The third kappa shape index (κ3) is 3.92. The van der Waals surface area contributed by atoms with Crippen molar-refractivity contribution in [3.05, 3.63) is 94.1 Å². The summed E-state index contributed by atoms with van der Waals surface area (Å²) in [5, 5.41) is 3.57. The number of carbonyl (C=O) groups is 2. The fourth-order valence-corrected chi connectivity index (χ4v) is 3.72. The van der Waals surface area contributed by atoms with Crippen LogP contribution in [-0.2, 0) is 9.59 Å². The maximum absolute atomic E-state index is 13.6. The van der Waals surface area contributed by atoms with Gasteiger partial charge in [-0.15, -0.1) is 0 Å². The number of aryl methyl sites for hydroxylation is 2. The molecule has 0 saturated carbocycles. The van der Waals surface area contributed by atoms with Crippen molar-refractivity contribution in [1.29, 1.82) is 0 Å². The molecule has 0 unspecified atom stereocenters. The summed E-state index contributed by atoms with van der Waals surface area (Å²) < 4.78 is 5.39. The van der Waals surface area contributed by atoms with Crippen molar-refractivity contribution in [3.63, 3.8) is 0 Å². The Bertz CT molecular complexity index is 1220. The zero-order valence-corrected chi connectivity index (χ0v) is 18.2. The number of nitrogens with zero attached hydrogens (tertiary/aromatic N) is 1. The summed E-state index contributed by atoms with van der Waals surface area (Å²) in [5.41, 5.74) is 4.28. The molecular weight excluding hydrogens is 412 g/mol. The van der Waals surface area contributed by atoms with Gasteiger partial charge in [-0.1, -0.05) is 53.6 Å². The van der Waals surface area contributed by atoms with Crippen LogP contribution in [0.1, 0.15) is 16.7 Å². The number of carbonyl (C=O) groups excluding carboxylic acids is 2. The van der Waals surface area contributed by atoms with Crippen LogP contribution in [0.15, 0.2) is 72.4 Å². The maximum Gasteiger partial charge on any atom is 0.282 e. The second-order valence-corrected chi connectivity index (χ2v) is 7.81. The van der Waals surface area contributed by atoms with Crippen LogP contribution in [0.5, 0.6) is 5.75 Å². The number of benzene rings is 3. The van der Waals surface area contributed by atoms with E-state index in [9.17, 15) is 9.59 Å². The lowest BCUT2D eigenvalue weighted by Crippen LogP contribution is -2.32. The lowest BCUT2D eigenvalue weighted by atomic mass is 10.0. The minimum atomic E-state index is -0.470. The number of nitrogens with one attached hydrogen (secondary N) is 1. The molecular formula is C25H21ClN2O3. The zero-order valence-electron chi connectivity index (χ0n) is 17.4. The highest BCUT2D eigenvalue weighted by molar-refractivity contribution is 6.46. The second kappa shape index (κ2) is 8.28. The monoisotopic (exact) mass is 432 g/mol. The van der Waals surface area contributed by atoms with E-state index in [1.165, 1.54) is 7.11 Å². The molecule has 156 valence electrons. The third-order valence-electron chi connectivity index (χ3n) is 5.09. The SMILES string of the molecule is COc1ccc(Cl)cc1N1C(=O)C(Nc2cccc(C)c2)=C(c2ccc(C)cc2)C1=O. The molecule has 0 bridgehead atoms. The van der Waals surface area contributed by atoms with Gasteiger partial charge in [0.15, 0.2) is 0 Å². The van der Waals surface area contributed by atoms with Gasteiger partial charge in [0.1, 0.15) is 11.4 Å². The highest BCUT2D eigenvalue weighted by Gasteiger charge is 2.41. The number of rotatable bonds is 5. The highest BCUT2D eigenvalue weighted by atomic mass is 35.5. The molecule has 1 heterocycles. The molecule has 0 saturated heterocycles. The first-order chi connectivity index (χ1) is 14.9. The molecule has 0 spiro atoms. The van der Waals surface area contributed by atoms with E-state index < -0.39 is 11.8 Å². The van der Waals surface area contributed by atoms with E-state index >= 15 is 0 Å². The average molecular weight is 433 g/mol. The predicted octanol–water partition coefficient (Wildman–Crippen LogP) is 5.36. The van der Waals surface area contributed by atoms with Gasteiger partial charge in [0.2, 0.25) is 0 Å². The van der Waals surface area contributed by atoms with E-state index in [4.69, 9.17) is 16.3 Å². The molecule has 3 aromatic rings. The molecule has 2 amide bonds. The normalized spacial score (nSPS) is 13.7. The average Bonchev–Trinajstić information content (AvgIpc) is 2.98. The molecule has 0 fully saturated rings.